The zero-order valence-corrected chi connectivity index (χ0v) is 9.53. The summed E-state index contributed by atoms with van der Waals surface area (Å²) in [6.45, 7) is 0. The van der Waals surface area contributed by atoms with E-state index in [1.807, 2.05) is 6.07 Å². The Hall–Kier alpha value is -1.35. The highest BCUT2D eigenvalue weighted by molar-refractivity contribution is 7.99. The fourth-order valence-electron chi connectivity index (χ4n) is 1.61. The molecule has 2 nitrogen and oxygen atoms in total. The van der Waals surface area contributed by atoms with Crippen molar-refractivity contribution in [2.24, 2.45) is 0 Å². The lowest BCUT2D eigenvalue weighted by molar-refractivity contribution is -0.137. The largest absolute Gasteiger partial charge is 0.416 e. The molecule has 0 spiro atoms. The van der Waals surface area contributed by atoms with E-state index >= 15 is 0 Å². The van der Waals surface area contributed by atoms with E-state index < -0.39 is 11.7 Å². The van der Waals surface area contributed by atoms with Crippen LogP contribution in [0.3, 0.4) is 0 Å². The molecule has 1 aliphatic rings. The second-order valence-electron chi connectivity index (χ2n) is 3.72. The first kappa shape index (κ1) is 12.1. The van der Waals surface area contributed by atoms with Gasteiger partial charge in [0.2, 0.25) is 0 Å². The summed E-state index contributed by atoms with van der Waals surface area (Å²) in [5.41, 5.74) is 0.0405. The number of fused-ring (bicyclic) bond motifs is 1. The Morgan fingerprint density at radius 2 is 2.24 bits per heavy atom. The van der Waals surface area contributed by atoms with Crippen molar-refractivity contribution in [1.82, 2.24) is 0 Å². The van der Waals surface area contributed by atoms with E-state index in [1.54, 1.807) is 0 Å². The van der Waals surface area contributed by atoms with Crippen molar-refractivity contribution in [3.63, 3.8) is 0 Å². The number of halogens is 3. The van der Waals surface area contributed by atoms with Gasteiger partial charge in [-0.3, -0.25) is 0 Å². The topological polar surface area (TPSA) is 35.8 Å². The Labute approximate surface area is 101 Å². The van der Waals surface area contributed by atoms with Gasteiger partial charge in [0.25, 0.3) is 0 Å². The molecule has 1 aromatic rings. The molecule has 0 amide bonds. The summed E-state index contributed by atoms with van der Waals surface area (Å²) in [6.07, 6.45) is -3.95. The van der Waals surface area contributed by atoms with Crippen LogP contribution in [-0.2, 0) is 6.18 Å². The van der Waals surface area contributed by atoms with Gasteiger partial charge < -0.3 is 5.32 Å². The van der Waals surface area contributed by atoms with Crippen molar-refractivity contribution in [1.29, 1.82) is 5.26 Å². The first-order valence-corrected chi connectivity index (χ1v) is 5.97. The third kappa shape index (κ3) is 2.67. The fourth-order valence-corrected chi connectivity index (χ4v) is 2.68. The van der Waals surface area contributed by atoms with E-state index in [9.17, 15) is 13.2 Å². The smallest absolute Gasteiger partial charge is 0.380 e. The molecule has 1 atom stereocenters. The zero-order chi connectivity index (χ0) is 12.5. The first-order chi connectivity index (χ1) is 8.00. The van der Waals surface area contributed by atoms with E-state index in [2.05, 4.69) is 5.32 Å². The number of benzene rings is 1. The van der Waals surface area contributed by atoms with Crippen molar-refractivity contribution in [2.75, 3.05) is 11.1 Å². The van der Waals surface area contributed by atoms with Gasteiger partial charge in [-0.15, -0.1) is 11.8 Å². The van der Waals surface area contributed by atoms with Crippen LogP contribution >= 0.6 is 11.8 Å². The Morgan fingerprint density at radius 3 is 2.88 bits per heavy atom. The maximum absolute atomic E-state index is 12.5. The normalized spacial score (nSPS) is 19.1. The van der Waals surface area contributed by atoms with Gasteiger partial charge in [-0.2, -0.15) is 18.4 Å². The number of anilines is 1. The molecule has 0 bridgehead atoms. The quantitative estimate of drug-likeness (QED) is 0.837. The lowest BCUT2D eigenvalue weighted by Crippen LogP contribution is -2.25. The second kappa shape index (κ2) is 4.49. The highest BCUT2D eigenvalue weighted by Crippen LogP contribution is 2.38. The highest BCUT2D eigenvalue weighted by atomic mass is 32.2. The number of rotatable bonds is 1. The van der Waals surface area contributed by atoms with Crippen molar-refractivity contribution in [3.05, 3.63) is 23.8 Å². The molecular weight excluding hydrogens is 249 g/mol. The summed E-state index contributed by atoms with van der Waals surface area (Å²) < 4.78 is 37.4. The van der Waals surface area contributed by atoms with Crippen LogP contribution in [0.1, 0.15) is 12.0 Å². The van der Waals surface area contributed by atoms with Crippen molar-refractivity contribution in [2.45, 2.75) is 23.5 Å². The molecule has 0 fully saturated rings. The fraction of sp³-hybridized carbons (Fsp3) is 0.364. The average molecular weight is 258 g/mol. The van der Waals surface area contributed by atoms with Gasteiger partial charge in [0.15, 0.2) is 0 Å². The molecule has 17 heavy (non-hydrogen) atoms. The predicted octanol–water partition coefficient (Wildman–Crippen LogP) is 3.51. The van der Waals surface area contributed by atoms with E-state index in [4.69, 9.17) is 5.26 Å². The van der Waals surface area contributed by atoms with Gasteiger partial charge in [0.1, 0.15) is 0 Å². The number of nitriles is 1. The molecule has 0 saturated heterocycles. The SMILES string of the molecule is N#CCC1CSc2cc(C(F)(F)F)ccc2N1. The Bertz CT molecular complexity index is 465. The number of hydrogen-bond donors (Lipinski definition) is 1. The van der Waals surface area contributed by atoms with Crippen molar-refractivity contribution >= 4 is 17.4 Å². The first-order valence-electron chi connectivity index (χ1n) is 4.98. The molecule has 6 heteroatoms. The molecular formula is C11H9F3N2S. The molecule has 1 N–H and O–H groups in total. The van der Waals surface area contributed by atoms with Crippen LogP contribution in [0.5, 0.6) is 0 Å². The molecule has 1 unspecified atom stereocenters. The minimum absolute atomic E-state index is 0.00855. The minimum Gasteiger partial charge on any atom is -0.380 e. The number of thioether (sulfide) groups is 1. The molecule has 0 aliphatic carbocycles. The van der Waals surface area contributed by atoms with E-state index in [-0.39, 0.29) is 6.04 Å². The van der Waals surface area contributed by atoms with E-state index in [1.165, 1.54) is 17.8 Å². The third-order valence-corrected chi connectivity index (χ3v) is 3.66. The molecule has 1 aromatic carbocycles. The Kier molecular flexibility index (Phi) is 3.20. The van der Waals surface area contributed by atoms with E-state index in [0.717, 1.165) is 12.1 Å². The number of hydrogen-bond acceptors (Lipinski definition) is 3. The minimum atomic E-state index is -4.31. The van der Waals surface area contributed by atoms with Crippen LogP contribution in [0.25, 0.3) is 0 Å². The Morgan fingerprint density at radius 1 is 1.47 bits per heavy atom. The number of alkyl halides is 3. The maximum atomic E-state index is 12.5. The average Bonchev–Trinajstić information content (AvgIpc) is 2.27. The highest BCUT2D eigenvalue weighted by Gasteiger charge is 2.31. The summed E-state index contributed by atoms with van der Waals surface area (Å²) in [4.78, 5) is 0.592. The molecule has 0 saturated carbocycles. The van der Waals surface area contributed by atoms with E-state index in [0.29, 0.717) is 22.8 Å². The number of nitrogens with zero attached hydrogens (tertiary/aromatic N) is 1. The van der Waals surface area contributed by atoms with Gasteiger partial charge in [-0.1, -0.05) is 0 Å². The maximum Gasteiger partial charge on any atom is 0.416 e. The monoisotopic (exact) mass is 258 g/mol. The summed E-state index contributed by atoms with van der Waals surface area (Å²) in [5, 5.41) is 11.6. The summed E-state index contributed by atoms with van der Waals surface area (Å²) in [5.74, 6) is 0.613. The van der Waals surface area contributed by atoms with Crippen molar-refractivity contribution < 1.29 is 13.2 Å². The third-order valence-electron chi connectivity index (χ3n) is 2.45. The molecule has 0 aromatic heterocycles. The van der Waals surface area contributed by atoms with Crippen LogP contribution in [0.15, 0.2) is 23.1 Å². The summed E-state index contributed by atoms with van der Waals surface area (Å²) >= 11 is 1.35. The Balaban J connectivity index is 2.23. The standard InChI is InChI=1S/C11H9F3N2S/c12-11(13,14)7-1-2-9-10(5-7)17-6-8(16-9)3-4-15/h1-2,5,8,16H,3,6H2. The van der Waals surface area contributed by atoms with Gasteiger partial charge in [0, 0.05) is 22.4 Å². The lowest BCUT2D eigenvalue weighted by Gasteiger charge is -2.25. The van der Waals surface area contributed by atoms with Gasteiger partial charge in [0.05, 0.1) is 18.1 Å². The van der Waals surface area contributed by atoms with Crippen LogP contribution in [0.4, 0.5) is 18.9 Å². The molecule has 2 rings (SSSR count). The van der Waals surface area contributed by atoms with Crippen LogP contribution in [0, 0.1) is 11.3 Å². The van der Waals surface area contributed by atoms with Crippen LogP contribution in [0.2, 0.25) is 0 Å². The van der Waals surface area contributed by atoms with Gasteiger partial charge >= 0.3 is 6.18 Å². The molecule has 1 heterocycles. The van der Waals surface area contributed by atoms with Crippen molar-refractivity contribution in [3.8, 4) is 6.07 Å². The van der Waals surface area contributed by atoms with Crippen LogP contribution < -0.4 is 5.32 Å². The van der Waals surface area contributed by atoms with Gasteiger partial charge in [-0.25, -0.2) is 0 Å². The molecule has 1 aliphatic heterocycles. The van der Waals surface area contributed by atoms with Crippen LogP contribution in [-0.4, -0.2) is 11.8 Å². The molecule has 90 valence electrons. The van der Waals surface area contributed by atoms with Gasteiger partial charge in [-0.05, 0) is 18.2 Å². The summed E-state index contributed by atoms with van der Waals surface area (Å²) in [6, 6.07) is 5.69. The number of nitrogens with one attached hydrogen (secondary N) is 1. The summed E-state index contributed by atoms with van der Waals surface area (Å²) in [7, 11) is 0. The lowest BCUT2D eigenvalue weighted by atomic mass is 10.1. The second-order valence-corrected chi connectivity index (χ2v) is 4.79. The predicted molar refractivity (Wildman–Crippen MR) is 59.8 cm³/mol. The zero-order valence-electron chi connectivity index (χ0n) is 8.71. The molecule has 0 radical (unpaired) electrons.